The van der Waals surface area contributed by atoms with Gasteiger partial charge in [-0.2, -0.15) is 0 Å². The van der Waals surface area contributed by atoms with Crippen molar-refractivity contribution < 1.29 is 0 Å². The summed E-state index contributed by atoms with van der Waals surface area (Å²) in [5, 5.41) is 8.82. The molecule has 0 aliphatic rings. The van der Waals surface area contributed by atoms with Crippen LogP contribution in [0.1, 0.15) is 5.82 Å². The van der Waals surface area contributed by atoms with Crippen molar-refractivity contribution in [1.29, 1.82) is 0 Å². The van der Waals surface area contributed by atoms with E-state index in [1.54, 1.807) is 6.07 Å². The summed E-state index contributed by atoms with van der Waals surface area (Å²) in [5.41, 5.74) is 2.84. The summed E-state index contributed by atoms with van der Waals surface area (Å²) in [7, 11) is 4.02. The van der Waals surface area contributed by atoms with Gasteiger partial charge in [0.15, 0.2) is 11.5 Å². The fourth-order valence-electron chi connectivity index (χ4n) is 2.15. The number of hydrogen-bond donors (Lipinski definition) is 0. The average Bonchev–Trinajstić information content (AvgIpc) is 2.82. The Labute approximate surface area is 121 Å². The molecule has 2 heterocycles. The van der Waals surface area contributed by atoms with Crippen LogP contribution in [0.3, 0.4) is 0 Å². The highest BCUT2D eigenvalue weighted by molar-refractivity contribution is 6.29. The Kier molecular flexibility index (Phi) is 3.06. The van der Waals surface area contributed by atoms with E-state index >= 15 is 0 Å². The molecule has 0 unspecified atom stereocenters. The Morgan fingerprint density at radius 2 is 1.80 bits per heavy atom. The minimum Gasteiger partial charge on any atom is -0.378 e. The Hall–Kier alpha value is -2.14. The fourth-order valence-corrected chi connectivity index (χ4v) is 2.37. The Balaban J connectivity index is 2.15. The summed E-state index contributed by atoms with van der Waals surface area (Å²) < 4.78 is 1.90. The normalized spacial score (nSPS) is 11.0. The van der Waals surface area contributed by atoms with Crippen LogP contribution in [0.15, 0.2) is 30.3 Å². The number of fused-ring (bicyclic) bond motifs is 1. The van der Waals surface area contributed by atoms with Crippen LogP contribution in [0.25, 0.3) is 17.0 Å². The van der Waals surface area contributed by atoms with Gasteiger partial charge in [-0.15, -0.1) is 10.2 Å². The van der Waals surface area contributed by atoms with Crippen molar-refractivity contribution in [2.45, 2.75) is 6.92 Å². The molecule has 3 rings (SSSR count). The predicted molar refractivity (Wildman–Crippen MR) is 80.3 cm³/mol. The van der Waals surface area contributed by atoms with E-state index in [0.717, 1.165) is 22.9 Å². The largest absolute Gasteiger partial charge is 0.378 e. The molecule has 0 N–H and O–H groups in total. The molecule has 0 saturated heterocycles. The van der Waals surface area contributed by atoms with Crippen LogP contribution in [-0.2, 0) is 0 Å². The van der Waals surface area contributed by atoms with Gasteiger partial charge in [0.05, 0.1) is 0 Å². The van der Waals surface area contributed by atoms with E-state index in [4.69, 9.17) is 11.6 Å². The first-order valence-electron chi connectivity index (χ1n) is 6.22. The molecule has 0 saturated carbocycles. The maximum atomic E-state index is 5.94. The van der Waals surface area contributed by atoms with Gasteiger partial charge in [0.2, 0.25) is 0 Å². The minimum absolute atomic E-state index is 0.428. The van der Waals surface area contributed by atoms with Crippen LogP contribution >= 0.6 is 11.6 Å². The number of benzene rings is 1. The number of aromatic nitrogens is 4. The quantitative estimate of drug-likeness (QED) is 0.680. The monoisotopic (exact) mass is 287 g/mol. The molecule has 2 aromatic heterocycles. The first-order chi connectivity index (χ1) is 9.56. The molecule has 3 aromatic rings. The molecule has 0 radical (unpaired) electrons. The molecule has 6 heteroatoms. The highest BCUT2D eigenvalue weighted by Gasteiger charge is 2.11. The summed E-state index contributed by atoms with van der Waals surface area (Å²) in [6, 6.07) is 9.86. The third kappa shape index (κ3) is 2.10. The van der Waals surface area contributed by atoms with Crippen molar-refractivity contribution in [1.82, 2.24) is 19.6 Å². The number of aryl methyl sites for hydroxylation is 1. The van der Waals surface area contributed by atoms with E-state index in [1.807, 2.05) is 37.6 Å². The molecule has 0 atom stereocenters. The first-order valence-corrected chi connectivity index (χ1v) is 6.60. The average molecular weight is 288 g/mol. The number of hydrogen-bond acceptors (Lipinski definition) is 4. The van der Waals surface area contributed by atoms with E-state index in [1.165, 1.54) is 0 Å². The maximum absolute atomic E-state index is 5.94. The molecular weight excluding hydrogens is 274 g/mol. The van der Waals surface area contributed by atoms with E-state index < -0.39 is 0 Å². The van der Waals surface area contributed by atoms with Crippen molar-refractivity contribution in [3.05, 3.63) is 41.3 Å². The lowest BCUT2D eigenvalue weighted by atomic mass is 10.2. The molecular formula is C14H14ClN5. The van der Waals surface area contributed by atoms with Crippen LogP contribution in [-0.4, -0.2) is 33.7 Å². The van der Waals surface area contributed by atoms with Gasteiger partial charge in [0.25, 0.3) is 0 Å². The molecule has 20 heavy (non-hydrogen) atoms. The van der Waals surface area contributed by atoms with Gasteiger partial charge >= 0.3 is 0 Å². The van der Waals surface area contributed by atoms with Gasteiger partial charge in [-0.1, -0.05) is 11.6 Å². The zero-order chi connectivity index (χ0) is 14.3. The smallest absolute Gasteiger partial charge is 0.169 e. The molecule has 0 bridgehead atoms. The zero-order valence-corrected chi connectivity index (χ0v) is 12.3. The fraction of sp³-hybridized carbons (Fsp3) is 0.214. The summed E-state index contributed by atoms with van der Waals surface area (Å²) in [4.78, 5) is 6.30. The Bertz CT molecular complexity index is 761. The Morgan fingerprint density at radius 3 is 2.45 bits per heavy atom. The third-order valence-electron chi connectivity index (χ3n) is 3.17. The molecule has 102 valence electrons. The Morgan fingerprint density at radius 1 is 1.10 bits per heavy atom. The van der Waals surface area contributed by atoms with E-state index in [2.05, 4.69) is 32.2 Å². The summed E-state index contributed by atoms with van der Waals surface area (Å²) >= 11 is 5.94. The summed E-state index contributed by atoms with van der Waals surface area (Å²) in [5.74, 6) is 1.54. The van der Waals surface area contributed by atoms with E-state index in [9.17, 15) is 0 Å². The lowest BCUT2D eigenvalue weighted by Gasteiger charge is -2.12. The lowest BCUT2D eigenvalue weighted by Crippen LogP contribution is -2.08. The molecule has 0 spiro atoms. The topological polar surface area (TPSA) is 46.3 Å². The molecule has 0 aliphatic carbocycles. The van der Waals surface area contributed by atoms with Crippen LogP contribution in [0.2, 0.25) is 5.15 Å². The molecule has 0 aliphatic heterocycles. The summed E-state index contributed by atoms with van der Waals surface area (Å²) in [6.07, 6.45) is 0. The molecule has 0 fully saturated rings. The zero-order valence-electron chi connectivity index (χ0n) is 11.5. The number of anilines is 1. The SMILES string of the molecule is Cc1nc(Cl)cc2nnc(-c3ccc(N(C)C)cc3)n12. The standard InChI is InChI=1S/C14H14ClN5/c1-9-16-12(15)8-13-17-18-14(20(9)13)10-4-6-11(7-5-10)19(2)3/h4-8H,1-3H3. The molecule has 5 nitrogen and oxygen atoms in total. The van der Waals surface area contributed by atoms with Gasteiger partial charge in [-0.3, -0.25) is 4.40 Å². The van der Waals surface area contributed by atoms with Crippen LogP contribution in [0.5, 0.6) is 0 Å². The lowest BCUT2D eigenvalue weighted by molar-refractivity contribution is 0.988. The number of nitrogens with zero attached hydrogens (tertiary/aromatic N) is 5. The second-order valence-electron chi connectivity index (χ2n) is 4.78. The second-order valence-corrected chi connectivity index (χ2v) is 5.17. The predicted octanol–water partition coefficient (Wildman–Crippen LogP) is 2.82. The van der Waals surface area contributed by atoms with Crippen molar-refractivity contribution in [3.63, 3.8) is 0 Å². The van der Waals surface area contributed by atoms with Gasteiger partial charge < -0.3 is 4.90 Å². The van der Waals surface area contributed by atoms with Gasteiger partial charge in [0.1, 0.15) is 11.0 Å². The van der Waals surface area contributed by atoms with Crippen LogP contribution in [0, 0.1) is 6.92 Å². The summed E-state index contributed by atoms with van der Waals surface area (Å²) in [6.45, 7) is 1.89. The number of halogens is 1. The third-order valence-corrected chi connectivity index (χ3v) is 3.36. The molecule has 0 amide bonds. The van der Waals surface area contributed by atoms with E-state index in [-0.39, 0.29) is 0 Å². The van der Waals surface area contributed by atoms with Crippen molar-refractivity contribution in [2.24, 2.45) is 0 Å². The second kappa shape index (κ2) is 4.76. The highest BCUT2D eigenvalue weighted by Crippen LogP contribution is 2.23. The van der Waals surface area contributed by atoms with E-state index in [0.29, 0.717) is 10.8 Å². The highest BCUT2D eigenvalue weighted by atomic mass is 35.5. The van der Waals surface area contributed by atoms with Crippen molar-refractivity contribution >= 4 is 22.9 Å². The van der Waals surface area contributed by atoms with Crippen molar-refractivity contribution in [2.75, 3.05) is 19.0 Å². The van der Waals surface area contributed by atoms with Crippen LogP contribution in [0.4, 0.5) is 5.69 Å². The minimum atomic E-state index is 0.428. The van der Waals surface area contributed by atoms with Crippen molar-refractivity contribution in [3.8, 4) is 11.4 Å². The van der Waals surface area contributed by atoms with Gasteiger partial charge in [-0.05, 0) is 31.2 Å². The van der Waals surface area contributed by atoms with Gasteiger partial charge in [0, 0.05) is 31.4 Å². The van der Waals surface area contributed by atoms with Crippen LogP contribution < -0.4 is 4.90 Å². The molecule has 1 aromatic carbocycles. The number of rotatable bonds is 2. The van der Waals surface area contributed by atoms with Gasteiger partial charge in [-0.25, -0.2) is 4.98 Å². The maximum Gasteiger partial charge on any atom is 0.169 e. The first kappa shape index (κ1) is 12.9.